The zero-order chi connectivity index (χ0) is 17.1. The molecule has 0 saturated carbocycles. The first-order valence-electron chi connectivity index (χ1n) is 7.46. The molecule has 6 nitrogen and oxygen atoms in total. The van der Waals surface area contributed by atoms with Crippen LogP contribution >= 0.6 is 12.2 Å². The lowest BCUT2D eigenvalue weighted by atomic mass is 10.1. The topological polar surface area (TPSA) is 79.8 Å². The van der Waals surface area contributed by atoms with Gasteiger partial charge in [0.05, 0.1) is 10.9 Å². The molecule has 0 aliphatic rings. The van der Waals surface area contributed by atoms with Gasteiger partial charge in [0.2, 0.25) is 0 Å². The zero-order valence-electron chi connectivity index (χ0n) is 13.1. The van der Waals surface area contributed by atoms with Crippen LogP contribution in [0.15, 0.2) is 47.5 Å². The molecule has 0 fully saturated rings. The van der Waals surface area contributed by atoms with Crippen molar-refractivity contribution in [1.82, 2.24) is 19.9 Å². The van der Waals surface area contributed by atoms with Crippen molar-refractivity contribution in [1.29, 1.82) is 0 Å². The van der Waals surface area contributed by atoms with E-state index in [9.17, 15) is 9.59 Å². The highest BCUT2D eigenvalue weighted by Crippen LogP contribution is 2.10. The lowest BCUT2D eigenvalue weighted by Gasteiger charge is -2.07. The van der Waals surface area contributed by atoms with E-state index in [4.69, 9.17) is 12.2 Å². The average Bonchev–Trinajstić information content (AvgIpc) is 2.60. The number of benzene rings is 1. The SMILES string of the molecule is Cn1c(=S)[nH]c2cc(C(=O)NCCc3cccnc3)ccc2c1=O. The van der Waals surface area contributed by atoms with Gasteiger partial charge in [0.25, 0.3) is 11.5 Å². The summed E-state index contributed by atoms with van der Waals surface area (Å²) in [4.78, 5) is 31.4. The van der Waals surface area contributed by atoms with Crippen LogP contribution in [0.25, 0.3) is 10.9 Å². The largest absolute Gasteiger partial charge is 0.352 e. The monoisotopic (exact) mass is 340 g/mol. The molecule has 0 atom stereocenters. The molecule has 2 N–H and O–H groups in total. The molecule has 24 heavy (non-hydrogen) atoms. The van der Waals surface area contributed by atoms with Gasteiger partial charge in [-0.1, -0.05) is 6.07 Å². The van der Waals surface area contributed by atoms with Crippen molar-refractivity contribution in [3.8, 4) is 0 Å². The maximum Gasteiger partial charge on any atom is 0.261 e. The van der Waals surface area contributed by atoms with Gasteiger partial charge in [0.1, 0.15) is 0 Å². The van der Waals surface area contributed by atoms with E-state index in [1.165, 1.54) is 4.57 Å². The van der Waals surface area contributed by atoms with Crippen LogP contribution in [0.3, 0.4) is 0 Å². The van der Waals surface area contributed by atoms with Crippen molar-refractivity contribution >= 4 is 29.0 Å². The van der Waals surface area contributed by atoms with Gasteiger partial charge in [-0.3, -0.25) is 19.1 Å². The number of aromatic amines is 1. The van der Waals surface area contributed by atoms with E-state index in [2.05, 4.69) is 15.3 Å². The number of carbonyl (C=O) groups excluding carboxylic acids is 1. The Bertz CT molecular complexity index is 1010. The molecule has 122 valence electrons. The van der Waals surface area contributed by atoms with Gasteiger partial charge in [-0.2, -0.15) is 0 Å². The highest BCUT2D eigenvalue weighted by Gasteiger charge is 2.09. The first-order valence-corrected chi connectivity index (χ1v) is 7.87. The van der Waals surface area contributed by atoms with Gasteiger partial charge in [-0.15, -0.1) is 0 Å². The van der Waals surface area contributed by atoms with Crippen LogP contribution in [0.5, 0.6) is 0 Å². The first-order chi connectivity index (χ1) is 11.6. The van der Waals surface area contributed by atoms with Gasteiger partial charge >= 0.3 is 0 Å². The van der Waals surface area contributed by atoms with E-state index >= 15 is 0 Å². The lowest BCUT2D eigenvalue weighted by Crippen LogP contribution is -2.26. The maximum absolute atomic E-state index is 12.3. The van der Waals surface area contributed by atoms with Gasteiger partial charge in [0.15, 0.2) is 4.77 Å². The van der Waals surface area contributed by atoms with Gasteiger partial charge in [-0.25, -0.2) is 0 Å². The third-order valence-corrected chi connectivity index (χ3v) is 4.16. The molecule has 0 bridgehead atoms. The van der Waals surface area contributed by atoms with Crippen molar-refractivity contribution in [3.63, 3.8) is 0 Å². The van der Waals surface area contributed by atoms with E-state index < -0.39 is 0 Å². The molecule has 0 aliphatic carbocycles. The van der Waals surface area contributed by atoms with E-state index in [1.54, 1.807) is 37.6 Å². The minimum Gasteiger partial charge on any atom is -0.352 e. The summed E-state index contributed by atoms with van der Waals surface area (Å²) in [5.41, 5.74) is 1.91. The number of hydrogen-bond donors (Lipinski definition) is 2. The third kappa shape index (κ3) is 3.26. The number of fused-ring (bicyclic) bond motifs is 1. The van der Waals surface area contributed by atoms with Crippen LogP contribution in [-0.4, -0.2) is 27.0 Å². The van der Waals surface area contributed by atoms with E-state index in [-0.39, 0.29) is 11.5 Å². The lowest BCUT2D eigenvalue weighted by molar-refractivity contribution is 0.0954. The predicted molar refractivity (Wildman–Crippen MR) is 94.6 cm³/mol. The van der Waals surface area contributed by atoms with Gasteiger partial charge < -0.3 is 10.3 Å². The normalized spacial score (nSPS) is 10.7. The van der Waals surface area contributed by atoms with Crippen LogP contribution in [0.4, 0.5) is 0 Å². The van der Waals surface area contributed by atoms with E-state index in [0.29, 0.717) is 34.2 Å². The highest BCUT2D eigenvalue weighted by atomic mass is 32.1. The Hall–Kier alpha value is -2.80. The number of nitrogens with one attached hydrogen (secondary N) is 2. The number of hydrogen-bond acceptors (Lipinski definition) is 4. The Morgan fingerprint density at radius 2 is 2.21 bits per heavy atom. The summed E-state index contributed by atoms with van der Waals surface area (Å²) in [5.74, 6) is -0.194. The van der Waals surface area contributed by atoms with Crippen molar-refractivity contribution in [2.24, 2.45) is 7.05 Å². The quantitative estimate of drug-likeness (QED) is 0.712. The minimum absolute atomic E-state index is 0.183. The summed E-state index contributed by atoms with van der Waals surface area (Å²) in [7, 11) is 1.61. The summed E-state index contributed by atoms with van der Waals surface area (Å²) < 4.78 is 1.69. The number of carbonyl (C=O) groups is 1. The van der Waals surface area contributed by atoms with E-state index in [1.807, 2.05) is 12.1 Å². The fourth-order valence-corrected chi connectivity index (χ4v) is 2.61. The second-order valence-electron chi connectivity index (χ2n) is 5.42. The van der Waals surface area contributed by atoms with E-state index in [0.717, 1.165) is 5.56 Å². The van der Waals surface area contributed by atoms with Crippen LogP contribution < -0.4 is 10.9 Å². The van der Waals surface area contributed by atoms with Gasteiger partial charge in [-0.05, 0) is 48.5 Å². The molecule has 3 aromatic rings. The van der Waals surface area contributed by atoms with Crippen LogP contribution in [-0.2, 0) is 13.5 Å². The standard InChI is InChI=1S/C17H16N4O2S/c1-21-16(23)13-5-4-12(9-14(13)20-17(21)24)15(22)19-8-6-11-3-2-7-18-10-11/h2-5,7,9-10H,6,8H2,1H3,(H,19,22)(H,20,24). The number of aromatic nitrogens is 3. The minimum atomic E-state index is -0.194. The Morgan fingerprint density at radius 3 is 2.96 bits per heavy atom. The van der Waals surface area contributed by atoms with Crippen molar-refractivity contribution < 1.29 is 4.79 Å². The van der Waals surface area contributed by atoms with Crippen LogP contribution in [0.1, 0.15) is 15.9 Å². The molecule has 1 amide bonds. The fourth-order valence-electron chi connectivity index (χ4n) is 2.42. The Balaban J connectivity index is 1.77. The summed E-state index contributed by atoms with van der Waals surface area (Å²) in [6, 6.07) is 8.75. The zero-order valence-corrected chi connectivity index (χ0v) is 13.9. The number of nitrogens with zero attached hydrogens (tertiary/aromatic N) is 2. The van der Waals surface area contributed by atoms with Crippen molar-refractivity contribution in [2.75, 3.05) is 6.54 Å². The molecular formula is C17H16N4O2S. The third-order valence-electron chi connectivity index (χ3n) is 3.79. The number of pyridine rings is 1. The molecule has 1 aromatic carbocycles. The summed E-state index contributed by atoms with van der Waals surface area (Å²) in [6.07, 6.45) is 4.19. The molecule has 0 spiro atoms. The molecule has 0 saturated heterocycles. The highest BCUT2D eigenvalue weighted by molar-refractivity contribution is 7.71. The van der Waals surface area contributed by atoms with Crippen LogP contribution in [0, 0.1) is 4.77 Å². The molecule has 2 heterocycles. The molecular weight excluding hydrogens is 324 g/mol. The van der Waals surface area contributed by atoms with Crippen molar-refractivity contribution in [3.05, 3.63) is 69.0 Å². The number of amides is 1. The molecule has 2 aromatic heterocycles. The maximum atomic E-state index is 12.3. The smallest absolute Gasteiger partial charge is 0.261 e. The molecule has 7 heteroatoms. The summed E-state index contributed by atoms with van der Waals surface area (Å²) >= 11 is 5.10. The Morgan fingerprint density at radius 1 is 1.38 bits per heavy atom. The average molecular weight is 340 g/mol. The number of H-pyrrole nitrogens is 1. The molecule has 0 unspecified atom stereocenters. The second-order valence-corrected chi connectivity index (χ2v) is 5.81. The molecule has 0 radical (unpaired) electrons. The summed E-state index contributed by atoms with van der Waals surface area (Å²) in [6.45, 7) is 0.509. The second kappa shape index (κ2) is 6.76. The molecule has 3 rings (SSSR count). The van der Waals surface area contributed by atoms with Crippen LogP contribution in [0.2, 0.25) is 0 Å². The molecule has 0 aliphatic heterocycles. The first kappa shape index (κ1) is 16.1. The van der Waals surface area contributed by atoms with Gasteiger partial charge in [0, 0.05) is 31.5 Å². The fraction of sp³-hybridized carbons (Fsp3) is 0.176. The van der Waals surface area contributed by atoms with Crippen molar-refractivity contribution in [2.45, 2.75) is 6.42 Å². The number of rotatable bonds is 4. The predicted octanol–water partition coefficient (Wildman–Crippen LogP) is 1.96. The Kier molecular flexibility index (Phi) is 4.52. The Labute approximate surface area is 143 Å². The summed E-state index contributed by atoms with van der Waals surface area (Å²) in [5, 5.41) is 3.36.